The molecule has 5 heteroatoms. The number of carbonyl (C=O) groups excluding carboxylic acids is 1. The maximum absolute atomic E-state index is 10.0. The quantitative estimate of drug-likeness (QED) is 0.288. The van der Waals surface area contributed by atoms with E-state index in [1.165, 1.54) is 0 Å². The van der Waals surface area contributed by atoms with Gasteiger partial charge in [0, 0.05) is 6.42 Å². The number of rotatable bonds is 6. The van der Waals surface area contributed by atoms with Crippen molar-refractivity contribution in [2.24, 2.45) is 0 Å². The van der Waals surface area contributed by atoms with Crippen LogP contribution in [0, 0.1) is 11.3 Å². The highest BCUT2D eigenvalue weighted by atomic mass is 17.3. The Hall–Kier alpha value is -1.22. The van der Waals surface area contributed by atoms with Crippen molar-refractivity contribution >= 4 is 6.29 Å². The van der Waals surface area contributed by atoms with Crippen LogP contribution in [-0.2, 0) is 19.3 Å². The molecule has 0 bridgehead atoms. The highest BCUT2D eigenvalue weighted by molar-refractivity contribution is 5.48. The number of ether oxygens (including phenoxy) is 1. The number of nitriles is 1. The summed E-state index contributed by atoms with van der Waals surface area (Å²) >= 11 is 0. The fourth-order valence-corrected chi connectivity index (χ4v) is 1.10. The molecule has 0 aromatic carbocycles. The summed E-state index contributed by atoms with van der Waals surface area (Å²) in [5.41, 5.74) is 0. The average molecular weight is 211 g/mol. The summed E-state index contributed by atoms with van der Waals surface area (Å²) in [5.74, 6) is 0. The summed E-state index contributed by atoms with van der Waals surface area (Å²) in [7, 11) is 0. The Morgan fingerprint density at radius 1 is 1.27 bits per heavy atom. The van der Waals surface area contributed by atoms with Crippen LogP contribution in [0.2, 0.25) is 0 Å². The number of carbonyl (C=O) groups is 1. The van der Waals surface area contributed by atoms with Gasteiger partial charge in [0.2, 0.25) is 6.29 Å². The Morgan fingerprint density at radius 2 is 2.07 bits per heavy atom. The zero-order chi connectivity index (χ0) is 10.9. The molecule has 82 valence electrons. The SMILES string of the molecule is N#CC1OOC(/C=C\CCCCC=O)O1. The average Bonchev–Trinajstić information content (AvgIpc) is 2.71. The van der Waals surface area contributed by atoms with Gasteiger partial charge in [0.05, 0.1) is 0 Å². The van der Waals surface area contributed by atoms with Crippen molar-refractivity contribution in [1.82, 2.24) is 0 Å². The van der Waals surface area contributed by atoms with Crippen molar-refractivity contribution in [2.75, 3.05) is 0 Å². The highest BCUT2D eigenvalue weighted by Crippen LogP contribution is 2.13. The van der Waals surface area contributed by atoms with Crippen LogP contribution in [0.5, 0.6) is 0 Å². The smallest absolute Gasteiger partial charge is 0.282 e. The zero-order valence-electron chi connectivity index (χ0n) is 8.30. The summed E-state index contributed by atoms with van der Waals surface area (Å²) in [6.07, 6.45) is 6.25. The topological polar surface area (TPSA) is 68.5 Å². The van der Waals surface area contributed by atoms with E-state index in [2.05, 4.69) is 4.89 Å². The Labute approximate surface area is 88.2 Å². The van der Waals surface area contributed by atoms with Crippen molar-refractivity contribution in [3.05, 3.63) is 12.2 Å². The minimum absolute atomic E-state index is 0.597. The first kappa shape index (κ1) is 11.9. The van der Waals surface area contributed by atoms with Gasteiger partial charge in [-0.3, -0.25) is 0 Å². The molecule has 1 aliphatic heterocycles. The minimum Gasteiger partial charge on any atom is -0.303 e. The van der Waals surface area contributed by atoms with E-state index in [9.17, 15) is 4.79 Å². The molecule has 2 unspecified atom stereocenters. The fourth-order valence-electron chi connectivity index (χ4n) is 1.10. The summed E-state index contributed by atoms with van der Waals surface area (Å²) in [5, 5.41) is 8.42. The van der Waals surface area contributed by atoms with Gasteiger partial charge in [-0.05, 0) is 25.3 Å². The molecule has 0 saturated carbocycles. The second kappa shape index (κ2) is 7.12. The molecule has 2 atom stereocenters. The Balaban J connectivity index is 2.06. The third kappa shape index (κ3) is 4.70. The van der Waals surface area contributed by atoms with Gasteiger partial charge in [-0.25, -0.2) is 0 Å². The van der Waals surface area contributed by atoms with Crippen LogP contribution in [0.1, 0.15) is 25.7 Å². The minimum atomic E-state index is -0.935. The van der Waals surface area contributed by atoms with E-state index in [-0.39, 0.29) is 0 Å². The van der Waals surface area contributed by atoms with E-state index >= 15 is 0 Å². The molecule has 1 rings (SSSR count). The van der Waals surface area contributed by atoms with Crippen LogP contribution in [0.25, 0.3) is 0 Å². The molecule has 1 aliphatic rings. The predicted octanol–water partition coefficient (Wildman–Crippen LogP) is 1.46. The van der Waals surface area contributed by atoms with Crippen molar-refractivity contribution in [3.63, 3.8) is 0 Å². The van der Waals surface area contributed by atoms with Crippen molar-refractivity contribution in [1.29, 1.82) is 5.26 Å². The van der Waals surface area contributed by atoms with Crippen molar-refractivity contribution in [2.45, 2.75) is 38.3 Å². The maximum atomic E-state index is 10.0. The van der Waals surface area contributed by atoms with Gasteiger partial charge >= 0.3 is 0 Å². The summed E-state index contributed by atoms with van der Waals surface area (Å²) < 4.78 is 4.99. The molecule has 15 heavy (non-hydrogen) atoms. The molecule has 0 N–H and O–H groups in total. The van der Waals surface area contributed by atoms with Gasteiger partial charge < -0.3 is 9.53 Å². The van der Waals surface area contributed by atoms with Crippen LogP contribution in [-0.4, -0.2) is 18.9 Å². The van der Waals surface area contributed by atoms with E-state index in [4.69, 9.17) is 14.9 Å². The number of aldehydes is 1. The fraction of sp³-hybridized carbons (Fsp3) is 0.600. The molecular weight excluding hydrogens is 198 g/mol. The van der Waals surface area contributed by atoms with Crippen LogP contribution < -0.4 is 0 Å². The summed E-state index contributed by atoms with van der Waals surface area (Å²) in [4.78, 5) is 19.2. The molecule has 5 nitrogen and oxygen atoms in total. The van der Waals surface area contributed by atoms with E-state index in [0.29, 0.717) is 6.42 Å². The Kier molecular flexibility index (Phi) is 5.63. The molecule has 0 aromatic heterocycles. The molecule has 0 spiro atoms. The van der Waals surface area contributed by atoms with Crippen LogP contribution in [0.3, 0.4) is 0 Å². The second-order valence-electron chi connectivity index (χ2n) is 3.04. The second-order valence-corrected chi connectivity index (χ2v) is 3.04. The molecule has 1 fully saturated rings. The monoisotopic (exact) mass is 211 g/mol. The third-order valence-corrected chi connectivity index (χ3v) is 1.84. The third-order valence-electron chi connectivity index (χ3n) is 1.84. The lowest BCUT2D eigenvalue weighted by atomic mass is 10.2. The number of allylic oxidation sites excluding steroid dienone is 1. The van der Waals surface area contributed by atoms with Gasteiger partial charge in [0.25, 0.3) is 6.29 Å². The number of unbranched alkanes of at least 4 members (excludes halogenated alkanes) is 3. The van der Waals surface area contributed by atoms with E-state index in [1.807, 2.05) is 6.08 Å². The lowest BCUT2D eigenvalue weighted by Crippen LogP contribution is -2.06. The maximum Gasteiger partial charge on any atom is 0.282 e. The van der Waals surface area contributed by atoms with Gasteiger partial charge in [-0.1, -0.05) is 6.08 Å². The van der Waals surface area contributed by atoms with E-state index in [1.54, 1.807) is 12.1 Å². The Morgan fingerprint density at radius 3 is 2.73 bits per heavy atom. The first-order valence-corrected chi connectivity index (χ1v) is 4.84. The van der Waals surface area contributed by atoms with E-state index in [0.717, 1.165) is 25.5 Å². The number of hydrogen-bond donors (Lipinski definition) is 0. The first-order valence-electron chi connectivity index (χ1n) is 4.84. The van der Waals surface area contributed by atoms with Crippen LogP contribution >= 0.6 is 0 Å². The number of nitrogens with zero attached hydrogens (tertiary/aromatic N) is 1. The number of hydrogen-bond acceptors (Lipinski definition) is 5. The highest BCUT2D eigenvalue weighted by Gasteiger charge is 2.24. The van der Waals surface area contributed by atoms with Crippen molar-refractivity contribution < 1.29 is 19.3 Å². The van der Waals surface area contributed by atoms with Gasteiger partial charge in [0.1, 0.15) is 12.4 Å². The predicted molar refractivity (Wildman–Crippen MR) is 50.1 cm³/mol. The van der Waals surface area contributed by atoms with Gasteiger partial charge in [-0.2, -0.15) is 15.0 Å². The first-order chi connectivity index (χ1) is 7.36. The molecule has 1 saturated heterocycles. The normalized spacial score (nSPS) is 25.5. The molecule has 0 amide bonds. The standard InChI is InChI=1S/C10H13NO4/c11-8-10-13-9(14-15-10)6-4-2-1-3-5-7-12/h4,6-7,9-10H,1-3,5H2/b6-4-. The zero-order valence-corrected chi connectivity index (χ0v) is 8.30. The van der Waals surface area contributed by atoms with Gasteiger partial charge in [-0.15, -0.1) is 0 Å². The van der Waals surface area contributed by atoms with Crippen LogP contribution in [0.15, 0.2) is 12.2 Å². The van der Waals surface area contributed by atoms with E-state index < -0.39 is 12.6 Å². The van der Waals surface area contributed by atoms with Crippen molar-refractivity contribution in [3.8, 4) is 6.07 Å². The van der Waals surface area contributed by atoms with Crippen LogP contribution in [0.4, 0.5) is 0 Å². The summed E-state index contributed by atoms with van der Waals surface area (Å²) in [6.45, 7) is 0. The molecule has 0 radical (unpaired) electrons. The molecule has 1 heterocycles. The molecular formula is C10H13NO4. The molecule has 0 aliphatic carbocycles. The molecule has 0 aromatic rings. The Bertz CT molecular complexity index is 259. The largest absolute Gasteiger partial charge is 0.303 e. The van der Waals surface area contributed by atoms with Gasteiger partial charge in [0.15, 0.2) is 0 Å². The lowest BCUT2D eigenvalue weighted by molar-refractivity contribution is -0.278. The lowest BCUT2D eigenvalue weighted by Gasteiger charge is -1.97. The summed E-state index contributed by atoms with van der Waals surface area (Å²) in [6, 6.07) is 1.77.